The Bertz CT molecular complexity index is 1190. The van der Waals surface area contributed by atoms with Gasteiger partial charge < -0.3 is 19.5 Å². The van der Waals surface area contributed by atoms with E-state index in [0.717, 1.165) is 17.6 Å². The second-order valence-electron chi connectivity index (χ2n) is 8.42. The average molecular weight is 464 g/mol. The zero-order valence-corrected chi connectivity index (χ0v) is 19.5. The first-order chi connectivity index (χ1) is 16.5. The van der Waals surface area contributed by atoms with E-state index in [-0.39, 0.29) is 23.7 Å². The van der Waals surface area contributed by atoms with Gasteiger partial charge in [0.2, 0.25) is 5.91 Å². The lowest BCUT2D eigenvalue weighted by atomic mass is 9.97. The molecular formula is C25H29N5O4. The Kier molecular flexibility index (Phi) is 7.20. The number of nitrogens with one attached hydrogen (secondary N) is 1. The number of benzene rings is 1. The average Bonchev–Trinajstić information content (AvgIpc) is 3.26. The van der Waals surface area contributed by atoms with Crippen LogP contribution in [0, 0.1) is 5.92 Å². The summed E-state index contributed by atoms with van der Waals surface area (Å²) in [6.45, 7) is 5.05. The normalized spacial score (nSPS) is 15.8. The van der Waals surface area contributed by atoms with E-state index < -0.39 is 0 Å². The molecule has 1 unspecified atom stereocenters. The van der Waals surface area contributed by atoms with Crippen molar-refractivity contribution < 1.29 is 19.1 Å². The van der Waals surface area contributed by atoms with Crippen LogP contribution in [-0.2, 0) is 27.3 Å². The molecule has 4 rings (SSSR count). The van der Waals surface area contributed by atoms with Gasteiger partial charge in [-0.2, -0.15) is 0 Å². The van der Waals surface area contributed by atoms with Crippen molar-refractivity contribution in [3.63, 3.8) is 0 Å². The highest BCUT2D eigenvalue weighted by molar-refractivity contribution is 6.05. The fourth-order valence-corrected chi connectivity index (χ4v) is 4.36. The molecule has 3 aromatic rings. The number of imidazole rings is 1. The summed E-state index contributed by atoms with van der Waals surface area (Å²) in [5.41, 5.74) is 3.29. The Morgan fingerprint density at radius 1 is 1.21 bits per heavy atom. The van der Waals surface area contributed by atoms with E-state index in [9.17, 15) is 14.4 Å². The molecule has 1 aromatic carbocycles. The molecule has 1 saturated heterocycles. The number of esters is 1. The van der Waals surface area contributed by atoms with E-state index in [1.54, 1.807) is 36.5 Å². The van der Waals surface area contributed by atoms with Crippen molar-refractivity contribution in [1.29, 1.82) is 0 Å². The van der Waals surface area contributed by atoms with Gasteiger partial charge in [0.1, 0.15) is 0 Å². The lowest BCUT2D eigenvalue weighted by Crippen LogP contribution is -2.42. The van der Waals surface area contributed by atoms with E-state index in [0.29, 0.717) is 55.9 Å². The number of hydrogen-bond donors (Lipinski definition) is 1. The number of carbonyl (C=O) groups excluding carboxylic acids is 3. The third kappa shape index (κ3) is 5.24. The van der Waals surface area contributed by atoms with Gasteiger partial charge in [-0.1, -0.05) is 6.07 Å². The first-order valence-corrected chi connectivity index (χ1v) is 11.6. The number of aromatic nitrogens is 3. The number of hydrogen-bond acceptors (Lipinski definition) is 6. The minimum absolute atomic E-state index is 0.189. The number of likely N-dealkylation sites (tertiary alicyclic amines) is 1. The molecule has 1 N–H and O–H groups in total. The fraction of sp³-hybridized carbons (Fsp3) is 0.400. The number of piperidine rings is 1. The van der Waals surface area contributed by atoms with Crippen molar-refractivity contribution in [3.8, 4) is 0 Å². The molecule has 1 aliphatic rings. The summed E-state index contributed by atoms with van der Waals surface area (Å²) in [5.74, 6) is -1.00. The second-order valence-corrected chi connectivity index (χ2v) is 8.42. The third-order valence-corrected chi connectivity index (χ3v) is 5.93. The van der Waals surface area contributed by atoms with Gasteiger partial charge in [0, 0.05) is 50.4 Å². The molecule has 0 spiro atoms. The molecule has 1 atom stereocenters. The fourth-order valence-electron chi connectivity index (χ4n) is 4.36. The zero-order chi connectivity index (χ0) is 24.1. The largest absolute Gasteiger partial charge is 0.466 e. The van der Waals surface area contributed by atoms with Crippen LogP contribution in [0.15, 0.2) is 42.9 Å². The quantitative estimate of drug-likeness (QED) is 0.540. The first-order valence-electron chi connectivity index (χ1n) is 11.6. The Labute approximate surface area is 198 Å². The molecule has 2 amide bonds. The molecule has 0 saturated carbocycles. The third-order valence-electron chi connectivity index (χ3n) is 5.93. The SMILES string of the molecule is CCOC(=O)C1CCCN(C(=O)c2cc(NC(C)=O)c3c(c2)ncn3CCc2ccccn2)C1. The molecule has 0 bridgehead atoms. The highest BCUT2D eigenvalue weighted by Crippen LogP contribution is 2.28. The van der Waals surface area contributed by atoms with Gasteiger partial charge in [-0.15, -0.1) is 0 Å². The number of pyridine rings is 1. The number of aryl methyl sites for hydroxylation is 2. The maximum absolute atomic E-state index is 13.3. The van der Waals surface area contributed by atoms with Gasteiger partial charge >= 0.3 is 5.97 Å². The maximum Gasteiger partial charge on any atom is 0.310 e. The summed E-state index contributed by atoms with van der Waals surface area (Å²) >= 11 is 0. The van der Waals surface area contributed by atoms with E-state index in [1.807, 2.05) is 22.8 Å². The van der Waals surface area contributed by atoms with Gasteiger partial charge in [-0.3, -0.25) is 19.4 Å². The summed E-state index contributed by atoms with van der Waals surface area (Å²) in [5, 5.41) is 2.85. The van der Waals surface area contributed by atoms with Crippen LogP contribution in [0.25, 0.3) is 11.0 Å². The minimum Gasteiger partial charge on any atom is -0.466 e. The number of carbonyl (C=O) groups is 3. The molecule has 9 nitrogen and oxygen atoms in total. The summed E-state index contributed by atoms with van der Waals surface area (Å²) in [6.07, 6.45) is 5.62. The van der Waals surface area contributed by atoms with E-state index in [4.69, 9.17) is 4.74 Å². The number of amides is 2. The monoisotopic (exact) mass is 463 g/mol. The molecule has 2 aromatic heterocycles. The van der Waals surface area contributed by atoms with Crippen LogP contribution >= 0.6 is 0 Å². The van der Waals surface area contributed by atoms with Crippen LogP contribution in [-0.4, -0.2) is 56.9 Å². The van der Waals surface area contributed by atoms with Crippen molar-refractivity contribution in [3.05, 3.63) is 54.1 Å². The maximum atomic E-state index is 13.3. The Hall–Kier alpha value is -3.75. The number of nitrogens with zero attached hydrogens (tertiary/aromatic N) is 4. The number of rotatable bonds is 7. The van der Waals surface area contributed by atoms with Crippen LogP contribution in [0.3, 0.4) is 0 Å². The van der Waals surface area contributed by atoms with E-state index in [2.05, 4.69) is 15.3 Å². The van der Waals surface area contributed by atoms with E-state index in [1.165, 1.54) is 6.92 Å². The summed E-state index contributed by atoms with van der Waals surface area (Å²) < 4.78 is 7.11. The van der Waals surface area contributed by atoms with E-state index >= 15 is 0 Å². The molecular weight excluding hydrogens is 434 g/mol. The molecule has 0 radical (unpaired) electrons. The van der Waals surface area contributed by atoms with Crippen molar-refractivity contribution >= 4 is 34.5 Å². The highest BCUT2D eigenvalue weighted by Gasteiger charge is 2.30. The lowest BCUT2D eigenvalue weighted by Gasteiger charge is -2.31. The standard InChI is InChI=1S/C25H29N5O4/c1-3-34-25(33)18-7-6-11-29(15-18)24(32)19-13-21-23(22(14-19)28-17(2)31)30(16-27-21)12-9-20-8-4-5-10-26-20/h4-5,8,10,13-14,16,18H,3,6-7,9,11-12,15H2,1-2H3,(H,28,31). The van der Waals surface area contributed by atoms with Crippen molar-refractivity contribution in [2.24, 2.45) is 5.92 Å². The van der Waals surface area contributed by atoms with Crippen molar-refractivity contribution in [2.75, 3.05) is 25.0 Å². The second kappa shape index (κ2) is 10.5. The number of ether oxygens (including phenoxy) is 1. The summed E-state index contributed by atoms with van der Waals surface area (Å²) in [7, 11) is 0. The van der Waals surface area contributed by atoms with Crippen LogP contribution < -0.4 is 5.32 Å². The van der Waals surface area contributed by atoms with Gasteiger partial charge in [0.25, 0.3) is 5.91 Å². The van der Waals surface area contributed by atoms with Gasteiger partial charge in [0.05, 0.1) is 35.6 Å². The van der Waals surface area contributed by atoms with Crippen LogP contribution in [0.2, 0.25) is 0 Å². The molecule has 1 aliphatic heterocycles. The Morgan fingerprint density at radius 2 is 2.06 bits per heavy atom. The molecule has 9 heteroatoms. The molecule has 3 heterocycles. The number of fused-ring (bicyclic) bond motifs is 1. The smallest absolute Gasteiger partial charge is 0.310 e. The van der Waals surface area contributed by atoms with Crippen molar-refractivity contribution in [2.45, 2.75) is 39.7 Å². The predicted molar refractivity (Wildman–Crippen MR) is 127 cm³/mol. The number of anilines is 1. The van der Waals surface area contributed by atoms with Gasteiger partial charge in [-0.25, -0.2) is 4.98 Å². The molecule has 178 valence electrons. The van der Waals surface area contributed by atoms with Crippen LogP contribution in [0.5, 0.6) is 0 Å². The minimum atomic E-state index is -0.318. The van der Waals surface area contributed by atoms with Crippen LogP contribution in [0.1, 0.15) is 42.7 Å². The predicted octanol–water partition coefficient (Wildman–Crippen LogP) is 3.05. The van der Waals surface area contributed by atoms with Crippen LogP contribution in [0.4, 0.5) is 5.69 Å². The Balaban J connectivity index is 1.60. The lowest BCUT2D eigenvalue weighted by molar-refractivity contribution is -0.149. The van der Waals surface area contributed by atoms with Gasteiger partial charge in [-0.05, 0) is 44.0 Å². The first kappa shape index (κ1) is 23.4. The van der Waals surface area contributed by atoms with Crippen molar-refractivity contribution in [1.82, 2.24) is 19.4 Å². The topological polar surface area (TPSA) is 106 Å². The molecule has 1 fully saturated rings. The van der Waals surface area contributed by atoms with Gasteiger partial charge in [0.15, 0.2) is 0 Å². The molecule has 0 aliphatic carbocycles. The Morgan fingerprint density at radius 3 is 2.79 bits per heavy atom. The summed E-state index contributed by atoms with van der Waals surface area (Å²) in [6, 6.07) is 9.23. The summed E-state index contributed by atoms with van der Waals surface area (Å²) in [4.78, 5) is 48.0. The highest BCUT2D eigenvalue weighted by atomic mass is 16.5. The zero-order valence-electron chi connectivity index (χ0n) is 19.5. The molecule has 34 heavy (non-hydrogen) atoms.